The molecule has 3 rings (SSSR count). The minimum Gasteiger partial charge on any atom is -0.329 e. The van der Waals surface area contributed by atoms with Crippen LogP contribution in [0.2, 0.25) is 0 Å². The Morgan fingerprint density at radius 2 is 2.05 bits per heavy atom. The van der Waals surface area contributed by atoms with Crippen LogP contribution >= 0.6 is 15.9 Å². The lowest BCUT2D eigenvalue weighted by Gasteiger charge is -2.20. The summed E-state index contributed by atoms with van der Waals surface area (Å²) in [6, 6.07) is 7.70. The van der Waals surface area contributed by atoms with Crippen molar-refractivity contribution in [1.29, 1.82) is 0 Å². The molecule has 0 saturated heterocycles. The Bertz CT molecular complexity index is 677. The van der Waals surface area contributed by atoms with Gasteiger partial charge in [-0.25, -0.2) is 4.79 Å². The molecular weight excluding hydrogens is 346 g/mol. The monoisotopic (exact) mass is 363 g/mol. The van der Waals surface area contributed by atoms with Gasteiger partial charge in [-0.2, -0.15) is 0 Å². The lowest BCUT2D eigenvalue weighted by atomic mass is 10.1. The van der Waals surface area contributed by atoms with Gasteiger partial charge >= 0.3 is 6.03 Å². The highest BCUT2D eigenvalue weighted by Gasteiger charge is 2.45. The van der Waals surface area contributed by atoms with Crippen molar-refractivity contribution in [3.8, 4) is 0 Å². The van der Waals surface area contributed by atoms with Crippen molar-refractivity contribution in [3.05, 3.63) is 46.5 Å². The Kier molecular flexibility index (Phi) is 3.90. The molecule has 1 atom stereocenters. The van der Waals surface area contributed by atoms with Crippen LogP contribution in [0.4, 0.5) is 4.79 Å². The minimum absolute atomic E-state index is 0.184. The van der Waals surface area contributed by atoms with E-state index in [-0.39, 0.29) is 17.6 Å². The topological polar surface area (TPSA) is 71.8 Å². The number of hydrogen-bond donors (Lipinski definition) is 2. The number of carbonyl (C=O) groups is 1. The Labute approximate surface area is 137 Å². The molecule has 1 aromatic heterocycles. The van der Waals surface area contributed by atoms with Gasteiger partial charge in [0.2, 0.25) is 0 Å². The number of urea groups is 1. The van der Waals surface area contributed by atoms with Gasteiger partial charge in [-0.1, -0.05) is 28.1 Å². The molecule has 0 bridgehead atoms. The van der Waals surface area contributed by atoms with Crippen LogP contribution in [0.25, 0.3) is 0 Å². The number of carbonyl (C=O) groups excluding carboxylic acids is 1. The zero-order valence-electron chi connectivity index (χ0n) is 12.5. The van der Waals surface area contributed by atoms with Crippen LogP contribution in [0.15, 0.2) is 35.1 Å². The third-order valence-electron chi connectivity index (χ3n) is 3.98. The van der Waals surface area contributed by atoms with Crippen molar-refractivity contribution in [1.82, 2.24) is 25.4 Å². The summed E-state index contributed by atoms with van der Waals surface area (Å²) in [5.74, 6) is 0.726. The summed E-state index contributed by atoms with van der Waals surface area (Å²) >= 11 is 3.43. The van der Waals surface area contributed by atoms with Crippen LogP contribution in [0.5, 0.6) is 0 Å². The number of aryl methyl sites for hydroxylation is 1. The van der Waals surface area contributed by atoms with Crippen molar-refractivity contribution in [2.24, 2.45) is 7.05 Å². The summed E-state index contributed by atoms with van der Waals surface area (Å²) in [7, 11) is 1.86. The second kappa shape index (κ2) is 5.72. The third-order valence-corrected chi connectivity index (χ3v) is 4.51. The summed E-state index contributed by atoms with van der Waals surface area (Å²) in [5.41, 5.74) is 0.905. The van der Waals surface area contributed by atoms with E-state index >= 15 is 0 Å². The number of nitrogens with one attached hydrogen (secondary N) is 2. The Morgan fingerprint density at radius 1 is 1.36 bits per heavy atom. The zero-order valence-corrected chi connectivity index (χ0v) is 14.1. The molecule has 2 N–H and O–H groups in total. The summed E-state index contributed by atoms with van der Waals surface area (Å²) in [5, 5.41) is 13.9. The molecule has 1 unspecified atom stereocenters. The molecule has 22 heavy (non-hydrogen) atoms. The highest BCUT2D eigenvalue weighted by Crippen LogP contribution is 2.45. The highest BCUT2D eigenvalue weighted by atomic mass is 79.9. The van der Waals surface area contributed by atoms with Gasteiger partial charge in [0.1, 0.15) is 6.33 Å². The summed E-state index contributed by atoms with van der Waals surface area (Å²) in [4.78, 5) is 12.3. The van der Waals surface area contributed by atoms with Gasteiger partial charge in [0.15, 0.2) is 5.82 Å². The maximum atomic E-state index is 12.3. The molecule has 6 nitrogen and oxygen atoms in total. The van der Waals surface area contributed by atoms with E-state index in [1.165, 1.54) is 0 Å². The molecule has 0 spiro atoms. The molecule has 1 aromatic carbocycles. The van der Waals surface area contributed by atoms with Crippen molar-refractivity contribution >= 4 is 22.0 Å². The second-order valence-electron chi connectivity index (χ2n) is 5.71. The molecule has 2 amide bonds. The lowest BCUT2D eigenvalue weighted by Crippen LogP contribution is -2.43. The number of benzene rings is 1. The number of hydrogen-bond acceptors (Lipinski definition) is 3. The first kappa shape index (κ1) is 15.0. The Hall–Kier alpha value is -1.89. The summed E-state index contributed by atoms with van der Waals surface area (Å²) in [6.07, 6.45) is 3.54. The van der Waals surface area contributed by atoms with Crippen LogP contribution in [-0.4, -0.2) is 20.8 Å². The maximum absolute atomic E-state index is 12.3. The highest BCUT2D eigenvalue weighted by molar-refractivity contribution is 9.10. The standard InChI is InChI=1S/C15H18BrN5O/c1-10(13-20-17-9-21(13)2)18-14(22)19-15(7-8-15)11-3-5-12(16)6-4-11/h3-6,9-10H,7-8H2,1-2H3,(H2,18,19,22). The molecular formula is C15H18BrN5O. The van der Waals surface area contributed by atoms with Gasteiger partial charge in [0.25, 0.3) is 0 Å². The summed E-state index contributed by atoms with van der Waals surface area (Å²) < 4.78 is 2.83. The zero-order chi connectivity index (χ0) is 15.7. The molecule has 2 aromatic rings. The largest absolute Gasteiger partial charge is 0.329 e. The van der Waals surface area contributed by atoms with E-state index in [4.69, 9.17) is 0 Å². The van der Waals surface area contributed by atoms with Crippen molar-refractivity contribution in [3.63, 3.8) is 0 Å². The maximum Gasteiger partial charge on any atom is 0.316 e. The number of rotatable bonds is 4. The fourth-order valence-electron chi connectivity index (χ4n) is 2.58. The minimum atomic E-state index is -0.232. The molecule has 0 radical (unpaired) electrons. The average Bonchev–Trinajstić information content (AvgIpc) is 3.11. The van der Waals surface area contributed by atoms with Gasteiger partial charge in [-0.3, -0.25) is 0 Å². The van der Waals surface area contributed by atoms with Gasteiger partial charge in [-0.15, -0.1) is 10.2 Å². The van der Waals surface area contributed by atoms with E-state index < -0.39 is 0 Å². The third kappa shape index (κ3) is 2.99. The number of halogens is 1. The number of nitrogens with zero attached hydrogens (tertiary/aromatic N) is 3. The van der Waals surface area contributed by atoms with Crippen LogP contribution in [-0.2, 0) is 12.6 Å². The molecule has 116 valence electrons. The Balaban J connectivity index is 1.64. The lowest BCUT2D eigenvalue weighted by molar-refractivity contribution is 0.232. The van der Waals surface area contributed by atoms with E-state index in [0.29, 0.717) is 0 Å². The Morgan fingerprint density at radius 3 is 2.59 bits per heavy atom. The fourth-order valence-corrected chi connectivity index (χ4v) is 2.84. The molecule has 1 aliphatic carbocycles. The van der Waals surface area contributed by atoms with Crippen LogP contribution in [0, 0.1) is 0 Å². The smallest absolute Gasteiger partial charge is 0.316 e. The van der Waals surface area contributed by atoms with E-state index in [0.717, 1.165) is 28.7 Å². The quantitative estimate of drug-likeness (QED) is 0.876. The number of aromatic nitrogens is 3. The predicted molar refractivity (Wildman–Crippen MR) is 86.1 cm³/mol. The first-order valence-corrected chi connectivity index (χ1v) is 7.98. The fraction of sp³-hybridized carbons (Fsp3) is 0.400. The van der Waals surface area contributed by atoms with Gasteiger partial charge < -0.3 is 15.2 Å². The molecule has 7 heteroatoms. The van der Waals surface area contributed by atoms with Gasteiger partial charge in [0.05, 0.1) is 11.6 Å². The second-order valence-corrected chi connectivity index (χ2v) is 6.62. The molecule has 1 saturated carbocycles. The van der Waals surface area contributed by atoms with Crippen molar-refractivity contribution < 1.29 is 4.79 Å². The molecule has 0 aliphatic heterocycles. The summed E-state index contributed by atoms with van der Waals surface area (Å²) in [6.45, 7) is 1.89. The van der Waals surface area contributed by atoms with E-state index in [2.05, 4.69) is 36.8 Å². The predicted octanol–water partition coefficient (Wildman–Crippen LogP) is 2.63. The van der Waals surface area contributed by atoms with Crippen LogP contribution in [0.3, 0.4) is 0 Å². The van der Waals surface area contributed by atoms with Crippen molar-refractivity contribution in [2.45, 2.75) is 31.3 Å². The van der Waals surface area contributed by atoms with Crippen LogP contribution in [0.1, 0.15) is 37.2 Å². The number of amides is 2. The molecule has 1 fully saturated rings. The van der Waals surface area contributed by atoms with E-state index in [1.54, 1.807) is 10.9 Å². The normalized spacial score (nSPS) is 16.9. The van der Waals surface area contributed by atoms with E-state index in [1.807, 2.05) is 38.2 Å². The SMILES string of the molecule is CC(NC(=O)NC1(c2ccc(Br)cc2)CC1)c1nncn1C. The first-order valence-electron chi connectivity index (χ1n) is 7.19. The van der Waals surface area contributed by atoms with Gasteiger partial charge in [0, 0.05) is 11.5 Å². The van der Waals surface area contributed by atoms with E-state index in [9.17, 15) is 4.79 Å². The molecule has 1 aliphatic rings. The van der Waals surface area contributed by atoms with Crippen molar-refractivity contribution in [2.75, 3.05) is 0 Å². The first-order chi connectivity index (χ1) is 10.5. The molecule has 1 heterocycles. The van der Waals surface area contributed by atoms with Crippen LogP contribution < -0.4 is 10.6 Å². The van der Waals surface area contributed by atoms with Gasteiger partial charge in [-0.05, 0) is 37.5 Å². The average molecular weight is 364 g/mol.